The lowest BCUT2D eigenvalue weighted by molar-refractivity contribution is 0.697. The molecule has 0 saturated heterocycles. The van der Waals surface area contributed by atoms with Gasteiger partial charge in [-0.1, -0.05) is 0 Å². The second-order valence-electron chi connectivity index (χ2n) is 3.85. The summed E-state index contributed by atoms with van der Waals surface area (Å²) in [5.74, 6) is 0. The average molecular weight is 250 g/mol. The second-order valence-corrected chi connectivity index (χ2v) is 5.92. The molecule has 0 bridgehead atoms. The highest BCUT2D eigenvalue weighted by Crippen LogP contribution is 2.42. The van der Waals surface area contributed by atoms with E-state index in [1.807, 2.05) is 0 Å². The summed E-state index contributed by atoms with van der Waals surface area (Å²) in [7, 11) is 2.06. The monoisotopic (exact) mass is 250 g/mol. The van der Waals surface area contributed by atoms with Gasteiger partial charge in [0.25, 0.3) is 0 Å². The normalized spacial score (nSPS) is 23.8. The highest BCUT2D eigenvalue weighted by molar-refractivity contribution is 8.00. The lowest BCUT2D eigenvalue weighted by atomic mass is 10.2. The van der Waals surface area contributed by atoms with Crippen molar-refractivity contribution in [3.63, 3.8) is 0 Å². The highest BCUT2D eigenvalue weighted by Gasteiger charge is 2.29. The number of rotatable bonds is 1. The minimum atomic E-state index is 0.0228. The van der Waals surface area contributed by atoms with Gasteiger partial charge in [0.1, 0.15) is 5.25 Å². The molecule has 1 aromatic carbocycles. The average Bonchev–Trinajstić information content (AvgIpc) is 2.33. The minimum Gasteiger partial charge on any atom is -0.369 e. The van der Waals surface area contributed by atoms with E-state index in [9.17, 15) is 0 Å². The predicted octanol–water partition coefficient (Wildman–Crippen LogP) is 3.23. The molecular formula is C12H14N2S2. The van der Waals surface area contributed by atoms with Gasteiger partial charge in [-0.05, 0) is 31.4 Å². The highest BCUT2D eigenvalue weighted by atomic mass is 32.2. The first-order valence-electron chi connectivity index (χ1n) is 5.14. The molecule has 4 heteroatoms. The van der Waals surface area contributed by atoms with Crippen LogP contribution in [0.25, 0.3) is 0 Å². The molecule has 2 atom stereocenters. The molecule has 1 aromatic rings. The van der Waals surface area contributed by atoms with Gasteiger partial charge >= 0.3 is 0 Å². The van der Waals surface area contributed by atoms with Gasteiger partial charge in [0.05, 0.1) is 17.8 Å². The Bertz CT molecular complexity index is 439. The Kier molecular flexibility index (Phi) is 3.36. The third-order valence-corrected chi connectivity index (χ3v) is 5.04. The van der Waals surface area contributed by atoms with Crippen LogP contribution in [-0.2, 0) is 0 Å². The fourth-order valence-electron chi connectivity index (χ4n) is 1.80. The van der Waals surface area contributed by atoms with Crippen LogP contribution in [0.5, 0.6) is 0 Å². The molecule has 0 radical (unpaired) electrons. The maximum absolute atomic E-state index is 9.13. The van der Waals surface area contributed by atoms with E-state index < -0.39 is 0 Å². The molecule has 2 rings (SSSR count). The van der Waals surface area contributed by atoms with Crippen molar-refractivity contribution in [2.45, 2.75) is 28.0 Å². The summed E-state index contributed by atoms with van der Waals surface area (Å²) in [6.45, 7) is 2.10. The summed E-state index contributed by atoms with van der Waals surface area (Å²) in [6, 6.07) is 9.11. The number of hydrogen-bond acceptors (Lipinski definition) is 4. The van der Waals surface area contributed by atoms with Crippen LogP contribution in [0.3, 0.4) is 0 Å². The Morgan fingerprint density at radius 3 is 2.88 bits per heavy atom. The second kappa shape index (κ2) is 4.60. The van der Waals surface area contributed by atoms with Crippen LogP contribution in [0.4, 0.5) is 5.69 Å². The predicted molar refractivity (Wildman–Crippen MR) is 71.3 cm³/mol. The van der Waals surface area contributed by atoms with Crippen LogP contribution in [0, 0.1) is 11.3 Å². The third-order valence-electron chi connectivity index (χ3n) is 2.98. The molecule has 0 aliphatic carbocycles. The van der Waals surface area contributed by atoms with Gasteiger partial charge in [-0.25, -0.2) is 0 Å². The Morgan fingerprint density at radius 1 is 1.50 bits per heavy atom. The van der Waals surface area contributed by atoms with Crippen molar-refractivity contribution < 1.29 is 0 Å². The first-order chi connectivity index (χ1) is 7.67. The van der Waals surface area contributed by atoms with E-state index >= 15 is 0 Å². The summed E-state index contributed by atoms with van der Waals surface area (Å²) in [5, 5.41) is 9.15. The Labute approximate surface area is 105 Å². The topological polar surface area (TPSA) is 27.0 Å². The zero-order chi connectivity index (χ0) is 11.7. The van der Waals surface area contributed by atoms with E-state index in [0.717, 1.165) is 0 Å². The zero-order valence-electron chi connectivity index (χ0n) is 9.60. The van der Waals surface area contributed by atoms with Crippen LogP contribution in [0.15, 0.2) is 28.0 Å². The standard InChI is InChI=1S/C12H14N2S2/c1-8-12(7-13)16-11-6-9(15-3)4-5-10(11)14(8)2/h4-6,8,12H,1-3H3. The molecule has 1 heterocycles. The van der Waals surface area contributed by atoms with Crippen LogP contribution >= 0.6 is 23.5 Å². The van der Waals surface area contributed by atoms with Crippen molar-refractivity contribution in [1.82, 2.24) is 0 Å². The molecule has 0 spiro atoms. The number of benzene rings is 1. The van der Waals surface area contributed by atoms with Crippen molar-refractivity contribution in [2.24, 2.45) is 0 Å². The van der Waals surface area contributed by atoms with Gasteiger partial charge in [-0.15, -0.1) is 23.5 Å². The van der Waals surface area contributed by atoms with Crippen molar-refractivity contribution in [3.8, 4) is 6.07 Å². The van der Waals surface area contributed by atoms with Crippen LogP contribution in [0.1, 0.15) is 6.92 Å². The van der Waals surface area contributed by atoms with Crippen molar-refractivity contribution >= 4 is 29.2 Å². The van der Waals surface area contributed by atoms with Crippen molar-refractivity contribution in [2.75, 3.05) is 18.2 Å². The maximum atomic E-state index is 9.13. The minimum absolute atomic E-state index is 0.0228. The summed E-state index contributed by atoms with van der Waals surface area (Å²) in [4.78, 5) is 4.67. The molecule has 0 aromatic heterocycles. The van der Waals surface area contributed by atoms with E-state index in [-0.39, 0.29) is 11.3 Å². The van der Waals surface area contributed by atoms with Crippen LogP contribution in [0.2, 0.25) is 0 Å². The largest absolute Gasteiger partial charge is 0.369 e. The van der Waals surface area contributed by atoms with E-state index in [2.05, 4.69) is 49.4 Å². The Balaban J connectivity index is 2.43. The van der Waals surface area contributed by atoms with Gasteiger partial charge in [0.15, 0.2) is 0 Å². The Hall–Kier alpha value is -0.790. The lowest BCUT2D eigenvalue weighted by Crippen LogP contribution is -2.39. The van der Waals surface area contributed by atoms with E-state index in [1.54, 1.807) is 23.5 Å². The number of nitriles is 1. The van der Waals surface area contributed by atoms with Gasteiger partial charge < -0.3 is 4.90 Å². The molecule has 0 N–H and O–H groups in total. The van der Waals surface area contributed by atoms with Crippen LogP contribution in [-0.4, -0.2) is 24.6 Å². The molecule has 84 valence electrons. The fraction of sp³-hybridized carbons (Fsp3) is 0.417. The SMILES string of the molecule is CSc1ccc2c(c1)SC(C#N)C(C)N2C. The first-order valence-corrected chi connectivity index (χ1v) is 7.25. The van der Waals surface area contributed by atoms with E-state index in [4.69, 9.17) is 5.26 Å². The molecule has 2 unspecified atom stereocenters. The van der Waals surface area contributed by atoms with Gasteiger partial charge in [0, 0.05) is 16.8 Å². The number of hydrogen-bond donors (Lipinski definition) is 0. The summed E-state index contributed by atoms with van der Waals surface area (Å²) in [6.07, 6.45) is 2.07. The van der Waals surface area contributed by atoms with Crippen molar-refractivity contribution in [3.05, 3.63) is 18.2 Å². The molecular weight excluding hydrogens is 236 g/mol. The number of fused-ring (bicyclic) bond motifs is 1. The summed E-state index contributed by atoms with van der Waals surface area (Å²) < 4.78 is 0. The Morgan fingerprint density at radius 2 is 2.25 bits per heavy atom. The van der Waals surface area contributed by atoms with Crippen molar-refractivity contribution in [1.29, 1.82) is 5.26 Å². The quantitative estimate of drug-likeness (QED) is 0.715. The molecule has 16 heavy (non-hydrogen) atoms. The van der Waals surface area contributed by atoms with Gasteiger partial charge in [0.2, 0.25) is 0 Å². The molecule has 0 amide bonds. The molecule has 0 saturated carbocycles. The van der Waals surface area contributed by atoms with Gasteiger partial charge in [-0.3, -0.25) is 0 Å². The zero-order valence-corrected chi connectivity index (χ0v) is 11.2. The first kappa shape index (κ1) is 11.7. The molecule has 1 aliphatic rings. The lowest BCUT2D eigenvalue weighted by Gasteiger charge is -2.36. The van der Waals surface area contributed by atoms with E-state index in [0.29, 0.717) is 0 Å². The van der Waals surface area contributed by atoms with Crippen LogP contribution < -0.4 is 4.90 Å². The number of thioether (sulfide) groups is 2. The maximum Gasteiger partial charge on any atom is 0.116 e. The third kappa shape index (κ3) is 1.90. The van der Waals surface area contributed by atoms with E-state index in [1.165, 1.54) is 15.5 Å². The van der Waals surface area contributed by atoms with Gasteiger partial charge in [-0.2, -0.15) is 5.26 Å². The molecule has 0 fully saturated rings. The molecule has 1 aliphatic heterocycles. The number of nitrogens with zero attached hydrogens (tertiary/aromatic N) is 2. The fourth-order valence-corrected chi connectivity index (χ4v) is 3.55. The smallest absolute Gasteiger partial charge is 0.116 e. The summed E-state index contributed by atoms with van der Waals surface area (Å²) in [5.41, 5.74) is 1.24. The number of anilines is 1. The molecule has 2 nitrogen and oxygen atoms in total. The summed E-state index contributed by atoms with van der Waals surface area (Å²) >= 11 is 3.42.